The lowest BCUT2D eigenvalue weighted by Gasteiger charge is -2.33. The number of hydrogen-bond acceptors (Lipinski definition) is 4. The molecule has 0 radical (unpaired) electrons. The van der Waals surface area contributed by atoms with E-state index in [2.05, 4.69) is 22.5 Å². The third kappa shape index (κ3) is 2.98. The lowest BCUT2D eigenvalue weighted by atomic mass is 10.1. The van der Waals surface area contributed by atoms with Crippen molar-refractivity contribution in [1.82, 2.24) is 10.6 Å². The highest BCUT2D eigenvalue weighted by Crippen LogP contribution is 2.26. The number of methoxy groups -OCH3 is 1. The van der Waals surface area contributed by atoms with Crippen LogP contribution in [0.4, 0.5) is 5.69 Å². The normalized spacial score (nSPS) is 19.1. The lowest BCUT2D eigenvalue weighted by Crippen LogP contribution is -2.49. The zero-order valence-electron chi connectivity index (χ0n) is 11.7. The fraction of sp³-hybridized carbons (Fsp3) is 0.500. The number of hydrogen-bond donors (Lipinski definition) is 2. The van der Waals surface area contributed by atoms with Crippen LogP contribution in [-0.2, 0) is 0 Å². The van der Waals surface area contributed by atoms with Crippen LogP contribution < -0.4 is 20.3 Å². The zero-order chi connectivity index (χ0) is 13.8. The molecule has 1 atom stereocenters. The van der Waals surface area contributed by atoms with Crippen LogP contribution in [0.5, 0.6) is 5.75 Å². The molecule has 0 aliphatic carbocycles. The van der Waals surface area contributed by atoms with Gasteiger partial charge in [-0.05, 0) is 19.1 Å². The summed E-state index contributed by atoms with van der Waals surface area (Å²) < 4.78 is 5.32. The third-order valence-corrected chi connectivity index (χ3v) is 3.39. The Morgan fingerprint density at radius 1 is 1.53 bits per heavy atom. The number of nitrogens with one attached hydrogen (secondary N) is 2. The summed E-state index contributed by atoms with van der Waals surface area (Å²) in [5.74, 6) is 0.486. The topological polar surface area (TPSA) is 53.6 Å². The smallest absolute Gasteiger partial charge is 0.254 e. The van der Waals surface area contributed by atoms with E-state index in [9.17, 15) is 4.79 Å². The fourth-order valence-electron chi connectivity index (χ4n) is 2.37. The molecule has 1 heterocycles. The molecule has 0 bridgehead atoms. The van der Waals surface area contributed by atoms with Crippen molar-refractivity contribution in [3.63, 3.8) is 0 Å². The predicted octanol–water partition coefficient (Wildman–Crippen LogP) is 0.853. The van der Waals surface area contributed by atoms with Crippen LogP contribution in [0.3, 0.4) is 0 Å². The van der Waals surface area contributed by atoms with E-state index in [-0.39, 0.29) is 5.91 Å². The average Bonchev–Trinajstić information content (AvgIpc) is 2.45. The first-order valence-corrected chi connectivity index (χ1v) is 6.54. The Morgan fingerprint density at radius 2 is 2.32 bits per heavy atom. The molecule has 19 heavy (non-hydrogen) atoms. The number of nitrogens with zero attached hydrogens (tertiary/aromatic N) is 1. The van der Waals surface area contributed by atoms with Crippen molar-refractivity contribution in [1.29, 1.82) is 0 Å². The van der Waals surface area contributed by atoms with Gasteiger partial charge in [-0.25, -0.2) is 0 Å². The van der Waals surface area contributed by atoms with E-state index in [0.717, 1.165) is 25.3 Å². The molecule has 2 rings (SSSR count). The number of carbonyl (C=O) groups excluding carboxylic acids is 1. The van der Waals surface area contributed by atoms with Crippen LogP contribution in [0.2, 0.25) is 0 Å². The Labute approximate surface area is 113 Å². The second-order valence-electron chi connectivity index (χ2n) is 4.76. The molecule has 1 aliphatic heterocycles. The molecule has 0 saturated carbocycles. The molecule has 1 aliphatic rings. The minimum Gasteiger partial charge on any atom is -0.496 e. The third-order valence-electron chi connectivity index (χ3n) is 3.39. The maximum absolute atomic E-state index is 11.7. The van der Waals surface area contributed by atoms with Crippen molar-refractivity contribution < 1.29 is 9.53 Å². The van der Waals surface area contributed by atoms with Crippen molar-refractivity contribution >= 4 is 11.6 Å². The van der Waals surface area contributed by atoms with Gasteiger partial charge >= 0.3 is 0 Å². The van der Waals surface area contributed by atoms with Gasteiger partial charge in [-0.1, -0.05) is 0 Å². The summed E-state index contributed by atoms with van der Waals surface area (Å²) in [6.07, 6.45) is 0. The molecule has 1 aromatic rings. The molecule has 2 N–H and O–H groups in total. The zero-order valence-corrected chi connectivity index (χ0v) is 11.7. The molecule has 1 amide bonds. The van der Waals surface area contributed by atoms with Crippen molar-refractivity contribution in [2.75, 3.05) is 38.7 Å². The van der Waals surface area contributed by atoms with Gasteiger partial charge in [0, 0.05) is 44.5 Å². The van der Waals surface area contributed by atoms with Crippen molar-refractivity contribution in [2.24, 2.45) is 0 Å². The molecule has 1 aromatic carbocycles. The van der Waals surface area contributed by atoms with E-state index in [4.69, 9.17) is 4.74 Å². The van der Waals surface area contributed by atoms with Crippen molar-refractivity contribution in [2.45, 2.75) is 13.0 Å². The monoisotopic (exact) mass is 263 g/mol. The fourth-order valence-corrected chi connectivity index (χ4v) is 2.37. The summed E-state index contributed by atoms with van der Waals surface area (Å²) in [6, 6.07) is 6.20. The van der Waals surface area contributed by atoms with Gasteiger partial charge in [0.15, 0.2) is 0 Å². The van der Waals surface area contributed by atoms with Gasteiger partial charge in [0.05, 0.1) is 12.7 Å². The first-order valence-electron chi connectivity index (χ1n) is 6.54. The van der Waals surface area contributed by atoms with Gasteiger partial charge < -0.3 is 20.3 Å². The van der Waals surface area contributed by atoms with Gasteiger partial charge in [-0.2, -0.15) is 0 Å². The Kier molecular flexibility index (Phi) is 4.27. The van der Waals surface area contributed by atoms with Gasteiger partial charge in [-0.3, -0.25) is 4.79 Å². The van der Waals surface area contributed by atoms with E-state index in [1.807, 2.05) is 18.2 Å². The van der Waals surface area contributed by atoms with E-state index in [1.54, 1.807) is 14.2 Å². The summed E-state index contributed by atoms with van der Waals surface area (Å²) in [6.45, 7) is 5.07. The Bertz CT molecular complexity index is 462. The van der Waals surface area contributed by atoms with Crippen LogP contribution >= 0.6 is 0 Å². The maximum Gasteiger partial charge on any atom is 0.254 e. The predicted molar refractivity (Wildman–Crippen MR) is 76.1 cm³/mol. The van der Waals surface area contributed by atoms with Crippen LogP contribution in [0.25, 0.3) is 0 Å². The highest BCUT2D eigenvalue weighted by molar-refractivity contribution is 5.97. The number of anilines is 1. The highest BCUT2D eigenvalue weighted by Gasteiger charge is 2.18. The minimum atomic E-state index is -0.128. The quantitative estimate of drug-likeness (QED) is 0.849. The number of piperazine rings is 1. The first-order chi connectivity index (χ1) is 9.15. The Morgan fingerprint density at radius 3 is 2.95 bits per heavy atom. The summed E-state index contributed by atoms with van der Waals surface area (Å²) in [5, 5.41) is 6.03. The minimum absolute atomic E-state index is 0.128. The maximum atomic E-state index is 11.7. The average molecular weight is 263 g/mol. The first kappa shape index (κ1) is 13.7. The van der Waals surface area contributed by atoms with Crippen molar-refractivity contribution in [3.05, 3.63) is 23.8 Å². The van der Waals surface area contributed by atoms with Crippen LogP contribution in [0, 0.1) is 0 Å². The summed E-state index contributed by atoms with van der Waals surface area (Å²) in [5.41, 5.74) is 1.66. The molecule has 5 heteroatoms. The van der Waals surface area contributed by atoms with E-state index < -0.39 is 0 Å². The number of rotatable bonds is 3. The molecule has 0 unspecified atom stereocenters. The molecule has 0 spiro atoms. The lowest BCUT2D eigenvalue weighted by molar-refractivity contribution is 0.0960. The molecule has 1 saturated heterocycles. The van der Waals surface area contributed by atoms with E-state index >= 15 is 0 Å². The molecular weight excluding hydrogens is 242 g/mol. The highest BCUT2D eigenvalue weighted by atomic mass is 16.5. The van der Waals surface area contributed by atoms with Gasteiger partial charge in [0.2, 0.25) is 0 Å². The van der Waals surface area contributed by atoms with Gasteiger partial charge in [0.1, 0.15) is 5.75 Å². The van der Waals surface area contributed by atoms with Gasteiger partial charge in [0.25, 0.3) is 5.91 Å². The van der Waals surface area contributed by atoms with Crippen LogP contribution in [0.1, 0.15) is 17.3 Å². The SMILES string of the molecule is CNC(=O)c1ccc(N2CCN[C@H](C)C2)cc1OC. The largest absolute Gasteiger partial charge is 0.496 e. The van der Waals surface area contributed by atoms with E-state index in [0.29, 0.717) is 17.4 Å². The number of carbonyl (C=O) groups is 1. The summed E-state index contributed by atoms with van der Waals surface area (Å²) >= 11 is 0. The molecule has 0 aromatic heterocycles. The molecule has 5 nitrogen and oxygen atoms in total. The van der Waals surface area contributed by atoms with Crippen LogP contribution in [-0.4, -0.2) is 45.7 Å². The summed E-state index contributed by atoms with van der Waals surface area (Å²) in [4.78, 5) is 14.0. The second-order valence-corrected chi connectivity index (χ2v) is 4.76. The van der Waals surface area contributed by atoms with Crippen molar-refractivity contribution in [3.8, 4) is 5.75 Å². The van der Waals surface area contributed by atoms with E-state index in [1.165, 1.54) is 0 Å². The number of ether oxygens (including phenoxy) is 1. The van der Waals surface area contributed by atoms with Crippen LogP contribution in [0.15, 0.2) is 18.2 Å². The number of amides is 1. The summed E-state index contributed by atoms with van der Waals surface area (Å²) in [7, 11) is 3.21. The van der Waals surface area contributed by atoms with Gasteiger partial charge in [-0.15, -0.1) is 0 Å². The molecule has 104 valence electrons. The molecule has 1 fully saturated rings. The Balaban J connectivity index is 2.25. The molecular formula is C14H21N3O2. The Hall–Kier alpha value is -1.75. The standard InChI is InChI=1S/C14H21N3O2/c1-10-9-17(7-6-16-10)11-4-5-12(14(18)15-2)13(8-11)19-3/h4-5,8,10,16H,6-7,9H2,1-3H3,(H,15,18)/t10-/m1/s1. The second kappa shape index (κ2) is 5.93. The number of benzene rings is 1.